The van der Waals surface area contributed by atoms with Crippen LogP contribution in [0, 0.1) is 0 Å². The van der Waals surface area contributed by atoms with Gasteiger partial charge in [0, 0.05) is 37.6 Å². The molecule has 0 fully saturated rings. The van der Waals surface area contributed by atoms with E-state index in [2.05, 4.69) is 106 Å². The SMILES string of the molecule is CCN(CC)c1ccc(/N=N/c2ccc(Cc3ccc(/N=N/c4ccc(N(CC)CC)cc4)cc3)cc2)cc1. The van der Waals surface area contributed by atoms with Crippen LogP contribution >= 0.6 is 0 Å². The number of hydrogen-bond donors (Lipinski definition) is 0. The molecule has 4 rings (SSSR count). The molecule has 0 aromatic heterocycles. The van der Waals surface area contributed by atoms with Gasteiger partial charge in [0.2, 0.25) is 0 Å². The summed E-state index contributed by atoms with van der Waals surface area (Å²) in [7, 11) is 0. The summed E-state index contributed by atoms with van der Waals surface area (Å²) in [6.45, 7) is 12.6. The van der Waals surface area contributed by atoms with Gasteiger partial charge in [0.15, 0.2) is 0 Å². The van der Waals surface area contributed by atoms with Crippen LogP contribution in [0.3, 0.4) is 0 Å². The second-order valence-corrected chi connectivity index (χ2v) is 9.29. The quantitative estimate of drug-likeness (QED) is 0.175. The monoisotopic (exact) mass is 518 g/mol. The van der Waals surface area contributed by atoms with Crippen molar-refractivity contribution in [1.82, 2.24) is 0 Å². The first-order valence-corrected chi connectivity index (χ1v) is 13.8. The van der Waals surface area contributed by atoms with Crippen LogP contribution in [0.1, 0.15) is 38.8 Å². The van der Waals surface area contributed by atoms with E-state index in [-0.39, 0.29) is 0 Å². The van der Waals surface area contributed by atoms with Crippen LogP contribution in [-0.4, -0.2) is 26.2 Å². The third kappa shape index (κ3) is 7.84. The van der Waals surface area contributed by atoms with Crippen molar-refractivity contribution in [2.24, 2.45) is 20.5 Å². The van der Waals surface area contributed by atoms with Crippen LogP contribution in [0.2, 0.25) is 0 Å². The molecule has 0 unspecified atom stereocenters. The zero-order chi connectivity index (χ0) is 27.5. The topological polar surface area (TPSA) is 55.9 Å². The molecule has 39 heavy (non-hydrogen) atoms. The zero-order valence-electron chi connectivity index (χ0n) is 23.5. The van der Waals surface area contributed by atoms with Crippen molar-refractivity contribution in [3.63, 3.8) is 0 Å². The van der Waals surface area contributed by atoms with E-state index in [4.69, 9.17) is 0 Å². The standard InChI is InChI=1S/C33H38N6/c1-5-38(6-2)32-21-17-30(18-22-32)36-34-28-13-9-26(10-14-28)25-27-11-15-29(16-12-27)35-37-31-19-23-33(24-20-31)39(7-3)8-4/h9-24H,5-8,25H2,1-4H3/b36-34+,37-35+. The molecule has 0 radical (unpaired) electrons. The predicted molar refractivity (Wildman–Crippen MR) is 164 cm³/mol. The maximum Gasteiger partial charge on any atom is 0.0858 e. The molecule has 0 spiro atoms. The minimum Gasteiger partial charge on any atom is -0.372 e. The first-order valence-electron chi connectivity index (χ1n) is 13.8. The molecule has 4 aromatic rings. The molecule has 0 aliphatic rings. The number of benzene rings is 4. The molecule has 0 atom stereocenters. The highest BCUT2D eigenvalue weighted by atomic mass is 15.1. The molecule has 6 nitrogen and oxygen atoms in total. The highest BCUT2D eigenvalue weighted by Gasteiger charge is 2.03. The molecule has 0 bridgehead atoms. The Labute approximate surface area is 232 Å². The van der Waals surface area contributed by atoms with Crippen molar-refractivity contribution in [2.75, 3.05) is 36.0 Å². The molecular weight excluding hydrogens is 480 g/mol. The van der Waals surface area contributed by atoms with Gasteiger partial charge in [0.1, 0.15) is 0 Å². The summed E-state index contributed by atoms with van der Waals surface area (Å²) in [4.78, 5) is 4.62. The molecule has 0 aliphatic carbocycles. The zero-order valence-corrected chi connectivity index (χ0v) is 23.5. The number of anilines is 2. The Bertz CT molecular complexity index is 1230. The van der Waals surface area contributed by atoms with Crippen molar-refractivity contribution in [3.05, 3.63) is 108 Å². The third-order valence-electron chi connectivity index (χ3n) is 6.80. The minimum atomic E-state index is 0.840. The van der Waals surface area contributed by atoms with Crippen molar-refractivity contribution >= 4 is 34.1 Å². The van der Waals surface area contributed by atoms with E-state index in [1.807, 2.05) is 48.5 Å². The summed E-state index contributed by atoms with van der Waals surface area (Å²) in [5.41, 5.74) is 8.24. The van der Waals surface area contributed by atoms with Crippen LogP contribution in [0.4, 0.5) is 34.1 Å². The van der Waals surface area contributed by atoms with Gasteiger partial charge in [-0.3, -0.25) is 0 Å². The van der Waals surface area contributed by atoms with Crippen molar-refractivity contribution in [3.8, 4) is 0 Å². The summed E-state index contributed by atoms with van der Waals surface area (Å²) < 4.78 is 0. The summed E-state index contributed by atoms with van der Waals surface area (Å²) in [5.74, 6) is 0. The fraction of sp³-hybridized carbons (Fsp3) is 0.273. The van der Waals surface area contributed by atoms with Crippen LogP contribution in [0.25, 0.3) is 0 Å². The number of hydrogen-bond acceptors (Lipinski definition) is 6. The van der Waals surface area contributed by atoms with Gasteiger partial charge in [-0.15, -0.1) is 0 Å². The molecule has 0 amide bonds. The Balaban J connectivity index is 1.31. The largest absolute Gasteiger partial charge is 0.372 e. The van der Waals surface area contributed by atoms with Gasteiger partial charge in [-0.2, -0.15) is 20.5 Å². The van der Waals surface area contributed by atoms with E-state index in [0.717, 1.165) is 55.3 Å². The lowest BCUT2D eigenvalue weighted by atomic mass is 10.0. The maximum atomic E-state index is 4.40. The molecule has 0 saturated carbocycles. The highest BCUT2D eigenvalue weighted by molar-refractivity contribution is 5.54. The Morgan fingerprint density at radius 2 is 0.641 bits per heavy atom. The van der Waals surface area contributed by atoms with E-state index in [1.54, 1.807) is 0 Å². The van der Waals surface area contributed by atoms with Crippen LogP contribution in [-0.2, 0) is 6.42 Å². The lowest BCUT2D eigenvalue weighted by Gasteiger charge is -2.20. The van der Waals surface area contributed by atoms with Gasteiger partial charge in [0.05, 0.1) is 22.7 Å². The lowest BCUT2D eigenvalue weighted by molar-refractivity contribution is 0.866. The summed E-state index contributed by atoms with van der Waals surface area (Å²) >= 11 is 0. The van der Waals surface area contributed by atoms with E-state index >= 15 is 0 Å². The second kappa shape index (κ2) is 14.0. The van der Waals surface area contributed by atoms with Gasteiger partial charge in [-0.25, -0.2) is 0 Å². The van der Waals surface area contributed by atoms with E-state index < -0.39 is 0 Å². The number of rotatable bonds is 12. The average molecular weight is 519 g/mol. The van der Waals surface area contributed by atoms with Crippen molar-refractivity contribution < 1.29 is 0 Å². The van der Waals surface area contributed by atoms with Gasteiger partial charge in [-0.1, -0.05) is 24.3 Å². The van der Waals surface area contributed by atoms with Crippen LogP contribution < -0.4 is 9.80 Å². The molecule has 6 heteroatoms. The third-order valence-corrected chi connectivity index (χ3v) is 6.80. The van der Waals surface area contributed by atoms with Gasteiger partial charge < -0.3 is 9.80 Å². The lowest BCUT2D eigenvalue weighted by Crippen LogP contribution is -2.21. The molecule has 0 N–H and O–H groups in total. The highest BCUT2D eigenvalue weighted by Crippen LogP contribution is 2.25. The molecule has 0 saturated heterocycles. The predicted octanol–water partition coefficient (Wildman–Crippen LogP) is 9.80. The normalized spacial score (nSPS) is 11.4. The van der Waals surface area contributed by atoms with E-state index in [1.165, 1.54) is 22.5 Å². The molecule has 0 heterocycles. The number of nitrogens with zero attached hydrogens (tertiary/aromatic N) is 6. The molecule has 4 aromatic carbocycles. The maximum absolute atomic E-state index is 4.40. The van der Waals surface area contributed by atoms with E-state index in [9.17, 15) is 0 Å². The van der Waals surface area contributed by atoms with Gasteiger partial charge in [0.25, 0.3) is 0 Å². The minimum absolute atomic E-state index is 0.840. The van der Waals surface area contributed by atoms with Crippen LogP contribution in [0.15, 0.2) is 118 Å². The molecule has 200 valence electrons. The average Bonchev–Trinajstić information content (AvgIpc) is 2.99. The summed E-state index contributed by atoms with van der Waals surface area (Å²) in [5, 5.41) is 17.6. The first-order chi connectivity index (χ1) is 19.1. The summed E-state index contributed by atoms with van der Waals surface area (Å²) in [6, 6.07) is 32.9. The van der Waals surface area contributed by atoms with Gasteiger partial charge >= 0.3 is 0 Å². The molecular formula is C33H38N6. The second-order valence-electron chi connectivity index (χ2n) is 9.29. The first kappa shape index (κ1) is 27.7. The van der Waals surface area contributed by atoms with Crippen molar-refractivity contribution in [1.29, 1.82) is 0 Å². The fourth-order valence-electron chi connectivity index (χ4n) is 4.47. The van der Waals surface area contributed by atoms with E-state index in [0.29, 0.717) is 0 Å². The Morgan fingerprint density at radius 1 is 0.385 bits per heavy atom. The van der Waals surface area contributed by atoms with Crippen LogP contribution in [0.5, 0.6) is 0 Å². The van der Waals surface area contributed by atoms with Crippen molar-refractivity contribution in [2.45, 2.75) is 34.1 Å². The molecule has 0 aliphatic heterocycles. The smallest absolute Gasteiger partial charge is 0.0858 e. The van der Waals surface area contributed by atoms with Gasteiger partial charge in [-0.05, 0) is 118 Å². The Kier molecular flexibility index (Phi) is 9.95. The Morgan fingerprint density at radius 3 is 0.897 bits per heavy atom. The number of azo groups is 2. The Hall–Kier alpha value is -4.32. The fourth-order valence-corrected chi connectivity index (χ4v) is 4.47. The summed E-state index contributed by atoms with van der Waals surface area (Å²) in [6.07, 6.45) is 0.842.